The van der Waals surface area contributed by atoms with E-state index < -0.39 is 5.97 Å². The van der Waals surface area contributed by atoms with E-state index in [1.165, 1.54) is 5.56 Å². The van der Waals surface area contributed by atoms with Gasteiger partial charge in [0.15, 0.2) is 0 Å². The summed E-state index contributed by atoms with van der Waals surface area (Å²) in [5, 5.41) is 16.0. The van der Waals surface area contributed by atoms with E-state index in [2.05, 4.69) is 39.4 Å². The maximum atomic E-state index is 11.1. The quantitative estimate of drug-likeness (QED) is 0.664. The second-order valence-corrected chi connectivity index (χ2v) is 7.27. The molecule has 144 valence electrons. The maximum absolute atomic E-state index is 11.1. The van der Waals surface area contributed by atoms with Crippen molar-refractivity contribution >= 4 is 5.97 Å². The molecule has 1 fully saturated rings. The van der Waals surface area contributed by atoms with Crippen LogP contribution < -0.4 is 4.74 Å². The zero-order valence-electron chi connectivity index (χ0n) is 15.5. The summed E-state index contributed by atoms with van der Waals surface area (Å²) in [4.78, 5) is 15.5. The van der Waals surface area contributed by atoms with Crippen LogP contribution in [0.3, 0.4) is 0 Å². The first-order chi connectivity index (χ1) is 13.7. The molecule has 1 aliphatic carbocycles. The maximum Gasteiger partial charge on any atom is 0.306 e. The molecule has 4 rings (SSSR count). The molecule has 1 saturated carbocycles. The molecule has 0 radical (unpaired) electrons. The summed E-state index contributed by atoms with van der Waals surface area (Å²) in [5.74, 6) is 0.314. The number of ether oxygens (including phenoxy) is 1. The number of aromatic nitrogens is 3. The average molecular weight is 377 g/mol. The number of rotatable bonds is 6. The van der Waals surface area contributed by atoms with Crippen LogP contribution in [0.25, 0.3) is 11.4 Å². The van der Waals surface area contributed by atoms with Crippen LogP contribution in [0.4, 0.5) is 0 Å². The van der Waals surface area contributed by atoms with Crippen LogP contribution in [0.1, 0.15) is 42.7 Å². The SMILES string of the molecule is O=C(O)[C@H]1CC[C@H](c2cccc(COc3ccc(-c4ccn[nH]4)nc3)c2)CC1. The van der Waals surface area contributed by atoms with Crippen LogP contribution in [0.15, 0.2) is 54.9 Å². The van der Waals surface area contributed by atoms with Gasteiger partial charge in [-0.2, -0.15) is 5.10 Å². The van der Waals surface area contributed by atoms with Crippen LogP contribution in [0, 0.1) is 5.92 Å². The van der Waals surface area contributed by atoms with Crippen LogP contribution in [0.5, 0.6) is 5.75 Å². The van der Waals surface area contributed by atoms with Crippen molar-refractivity contribution in [2.24, 2.45) is 5.92 Å². The van der Waals surface area contributed by atoms with Gasteiger partial charge in [-0.25, -0.2) is 0 Å². The molecule has 6 heteroatoms. The van der Waals surface area contributed by atoms with E-state index >= 15 is 0 Å². The molecule has 1 aromatic carbocycles. The van der Waals surface area contributed by atoms with Crippen molar-refractivity contribution in [2.45, 2.75) is 38.2 Å². The Hall–Kier alpha value is -3.15. The molecule has 2 N–H and O–H groups in total. The predicted molar refractivity (Wildman–Crippen MR) is 105 cm³/mol. The van der Waals surface area contributed by atoms with Gasteiger partial charge in [0.1, 0.15) is 12.4 Å². The Balaban J connectivity index is 1.35. The van der Waals surface area contributed by atoms with Crippen molar-refractivity contribution in [2.75, 3.05) is 0 Å². The topological polar surface area (TPSA) is 88.1 Å². The molecule has 0 bridgehead atoms. The minimum atomic E-state index is -0.659. The van der Waals surface area contributed by atoms with Crippen LogP contribution in [-0.4, -0.2) is 26.3 Å². The van der Waals surface area contributed by atoms with E-state index in [-0.39, 0.29) is 5.92 Å². The fraction of sp³-hybridized carbons (Fsp3) is 0.318. The highest BCUT2D eigenvalue weighted by molar-refractivity contribution is 5.70. The molecule has 28 heavy (non-hydrogen) atoms. The number of aliphatic carboxylic acids is 1. The van der Waals surface area contributed by atoms with Crippen molar-refractivity contribution in [1.82, 2.24) is 15.2 Å². The van der Waals surface area contributed by atoms with Gasteiger partial charge in [0.05, 0.1) is 23.5 Å². The number of hydrogen-bond acceptors (Lipinski definition) is 4. The van der Waals surface area contributed by atoms with Gasteiger partial charge in [0.25, 0.3) is 0 Å². The number of H-pyrrole nitrogens is 1. The summed E-state index contributed by atoms with van der Waals surface area (Å²) in [6.07, 6.45) is 6.79. The van der Waals surface area contributed by atoms with Crippen LogP contribution in [-0.2, 0) is 11.4 Å². The van der Waals surface area contributed by atoms with Crippen LogP contribution >= 0.6 is 0 Å². The zero-order chi connectivity index (χ0) is 19.3. The van der Waals surface area contributed by atoms with Gasteiger partial charge in [-0.3, -0.25) is 14.9 Å². The summed E-state index contributed by atoms with van der Waals surface area (Å²) in [7, 11) is 0. The molecule has 0 atom stereocenters. The lowest BCUT2D eigenvalue weighted by Gasteiger charge is -2.26. The van der Waals surface area contributed by atoms with Crippen molar-refractivity contribution in [3.05, 3.63) is 66.0 Å². The highest BCUT2D eigenvalue weighted by Crippen LogP contribution is 2.36. The minimum absolute atomic E-state index is 0.181. The smallest absolute Gasteiger partial charge is 0.306 e. The lowest BCUT2D eigenvalue weighted by molar-refractivity contribution is -0.142. The molecular weight excluding hydrogens is 354 g/mol. The largest absolute Gasteiger partial charge is 0.487 e. The van der Waals surface area contributed by atoms with Crippen molar-refractivity contribution < 1.29 is 14.6 Å². The lowest BCUT2D eigenvalue weighted by atomic mass is 9.78. The number of hydrogen-bond donors (Lipinski definition) is 2. The van der Waals surface area contributed by atoms with E-state index in [4.69, 9.17) is 9.84 Å². The molecule has 3 aromatic rings. The van der Waals surface area contributed by atoms with Gasteiger partial charge < -0.3 is 9.84 Å². The van der Waals surface area contributed by atoms with Crippen LogP contribution in [0.2, 0.25) is 0 Å². The number of nitrogens with zero attached hydrogens (tertiary/aromatic N) is 2. The number of carboxylic acids is 1. The molecular formula is C22H23N3O3. The fourth-order valence-corrected chi connectivity index (χ4v) is 3.80. The first kappa shape index (κ1) is 18.2. The lowest BCUT2D eigenvalue weighted by Crippen LogP contribution is -2.20. The second kappa shape index (κ2) is 8.25. The highest BCUT2D eigenvalue weighted by Gasteiger charge is 2.26. The summed E-state index contributed by atoms with van der Waals surface area (Å²) in [6, 6.07) is 14.1. The number of nitrogens with one attached hydrogen (secondary N) is 1. The predicted octanol–water partition coefficient (Wildman–Crippen LogP) is 4.41. The van der Waals surface area contributed by atoms with Crippen molar-refractivity contribution in [1.29, 1.82) is 0 Å². The van der Waals surface area contributed by atoms with E-state index in [0.29, 0.717) is 12.5 Å². The van der Waals surface area contributed by atoms with Crippen molar-refractivity contribution in [3.63, 3.8) is 0 Å². The molecule has 2 aromatic heterocycles. The number of carbonyl (C=O) groups is 1. The Bertz CT molecular complexity index is 914. The van der Waals surface area contributed by atoms with Gasteiger partial charge in [-0.15, -0.1) is 0 Å². The molecule has 0 spiro atoms. The third kappa shape index (κ3) is 4.22. The Kier molecular flexibility index (Phi) is 5.37. The summed E-state index contributed by atoms with van der Waals surface area (Å²) < 4.78 is 5.89. The van der Waals surface area contributed by atoms with E-state index in [0.717, 1.165) is 48.4 Å². The van der Waals surface area contributed by atoms with Gasteiger partial charge in [0.2, 0.25) is 0 Å². The van der Waals surface area contributed by atoms with Crippen molar-refractivity contribution in [3.8, 4) is 17.1 Å². The second-order valence-electron chi connectivity index (χ2n) is 7.27. The Morgan fingerprint density at radius 2 is 2.00 bits per heavy atom. The summed E-state index contributed by atoms with van der Waals surface area (Å²) >= 11 is 0. The van der Waals surface area contributed by atoms with Gasteiger partial charge in [-0.1, -0.05) is 24.3 Å². The summed E-state index contributed by atoms with van der Waals surface area (Å²) in [5.41, 5.74) is 4.08. The van der Waals surface area contributed by atoms with Gasteiger partial charge in [0, 0.05) is 6.20 Å². The van der Waals surface area contributed by atoms with E-state index in [1.54, 1.807) is 12.4 Å². The fourth-order valence-electron chi connectivity index (χ4n) is 3.80. The number of aromatic amines is 1. The van der Waals surface area contributed by atoms with E-state index in [1.807, 2.05) is 18.2 Å². The standard InChI is InChI=1S/C22H23N3O3/c26-22(27)17-6-4-16(5-7-17)18-3-1-2-15(12-18)14-28-19-8-9-20(23-13-19)21-10-11-24-25-21/h1-3,8-13,16-17H,4-7,14H2,(H,24,25)(H,26,27)/t16-,17-. The third-order valence-corrected chi connectivity index (χ3v) is 5.42. The summed E-state index contributed by atoms with van der Waals surface area (Å²) in [6.45, 7) is 0.476. The zero-order valence-corrected chi connectivity index (χ0v) is 15.5. The molecule has 0 unspecified atom stereocenters. The monoisotopic (exact) mass is 377 g/mol. The molecule has 0 amide bonds. The van der Waals surface area contributed by atoms with Gasteiger partial charge in [-0.05, 0) is 60.9 Å². The molecule has 0 aliphatic heterocycles. The molecule has 2 heterocycles. The minimum Gasteiger partial charge on any atom is -0.487 e. The molecule has 6 nitrogen and oxygen atoms in total. The number of benzene rings is 1. The Morgan fingerprint density at radius 3 is 2.68 bits per heavy atom. The molecule has 0 saturated heterocycles. The highest BCUT2D eigenvalue weighted by atomic mass is 16.5. The normalized spacial score (nSPS) is 19.3. The third-order valence-electron chi connectivity index (χ3n) is 5.42. The first-order valence-electron chi connectivity index (χ1n) is 9.59. The Morgan fingerprint density at radius 1 is 1.14 bits per heavy atom. The molecule has 1 aliphatic rings. The Labute approximate surface area is 163 Å². The number of carboxylic acid groups (broad SMARTS) is 1. The first-order valence-corrected chi connectivity index (χ1v) is 9.59. The number of pyridine rings is 1. The van der Waals surface area contributed by atoms with E-state index in [9.17, 15) is 4.79 Å². The van der Waals surface area contributed by atoms with Gasteiger partial charge >= 0.3 is 5.97 Å². The average Bonchev–Trinajstić information content (AvgIpc) is 3.28.